The minimum Gasteiger partial charge on any atom is -0.494 e. The maximum absolute atomic E-state index is 12.1. The van der Waals surface area contributed by atoms with Crippen LogP contribution in [0.25, 0.3) is 0 Å². The van der Waals surface area contributed by atoms with E-state index in [0.29, 0.717) is 35.6 Å². The molecule has 0 heterocycles. The molecule has 2 unspecified atom stereocenters. The second-order valence-corrected chi connectivity index (χ2v) is 7.37. The molecule has 1 aromatic rings. The maximum Gasteiger partial charge on any atom is 0.240 e. The highest BCUT2D eigenvalue weighted by molar-refractivity contribution is 7.89. The summed E-state index contributed by atoms with van der Waals surface area (Å²) in [5.41, 5.74) is 0. The van der Waals surface area contributed by atoms with E-state index in [9.17, 15) is 8.42 Å². The Balaban J connectivity index is 1.85. The van der Waals surface area contributed by atoms with E-state index in [-0.39, 0.29) is 0 Å². The SMILES string of the molecule is CNCCCOc1ccc(S(=O)(=O)NCC2CC2C)cc1. The standard InChI is InChI=1S/C15H24N2O3S/c1-12-10-13(12)11-17-21(18,19)15-6-4-14(5-7-15)20-9-3-8-16-2/h4-7,12-13,16-17H,3,8-11H2,1-2H3. The summed E-state index contributed by atoms with van der Waals surface area (Å²) < 4.78 is 32.5. The molecule has 6 heteroatoms. The molecular formula is C15H24N2O3S. The average Bonchev–Trinajstić information content (AvgIpc) is 3.18. The molecule has 2 N–H and O–H groups in total. The Morgan fingerprint density at radius 2 is 1.95 bits per heavy atom. The fourth-order valence-electron chi connectivity index (χ4n) is 2.14. The van der Waals surface area contributed by atoms with E-state index in [4.69, 9.17) is 4.74 Å². The quantitative estimate of drug-likeness (QED) is 0.680. The number of nitrogens with one attached hydrogen (secondary N) is 2. The van der Waals surface area contributed by atoms with Gasteiger partial charge >= 0.3 is 0 Å². The zero-order chi connectivity index (χ0) is 15.3. The van der Waals surface area contributed by atoms with Gasteiger partial charge < -0.3 is 10.1 Å². The van der Waals surface area contributed by atoms with Crippen molar-refractivity contribution in [1.82, 2.24) is 10.0 Å². The number of hydrogen-bond donors (Lipinski definition) is 2. The van der Waals surface area contributed by atoms with Gasteiger partial charge in [0.25, 0.3) is 0 Å². The van der Waals surface area contributed by atoms with E-state index < -0.39 is 10.0 Å². The van der Waals surface area contributed by atoms with Gasteiger partial charge in [-0.25, -0.2) is 13.1 Å². The van der Waals surface area contributed by atoms with Gasteiger partial charge in [-0.05, 0) is 62.5 Å². The Kier molecular flexibility index (Phi) is 5.61. The molecule has 0 saturated heterocycles. The Hall–Kier alpha value is -1.11. The lowest BCUT2D eigenvalue weighted by Crippen LogP contribution is -2.26. The Labute approximate surface area is 127 Å². The average molecular weight is 312 g/mol. The van der Waals surface area contributed by atoms with Crippen molar-refractivity contribution < 1.29 is 13.2 Å². The van der Waals surface area contributed by atoms with E-state index in [1.807, 2.05) is 7.05 Å². The van der Waals surface area contributed by atoms with Crippen LogP contribution in [0.1, 0.15) is 19.8 Å². The molecule has 1 aliphatic rings. The highest BCUT2D eigenvalue weighted by atomic mass is 32.2. The fraction of sp³-hybridized carbons (Fsp3) is 0.600. The number of rotatable bonds is 9. The van der Waals surface area contributed by atoms with Gasteiger partial charge in [-0.15, -0.1) is 0 Å². The van der Waals surface area contributed by atoms with E-state index >= 15 is 0 Å². The van der Waals surface area contributed by atoms with Gasteiger partial charge in [0.2, 0.25) is 10.0 Å². The summed E-state index contributed by atoms with van der Waals surface area (Å²) in [6, 6.07) is 6.58. The van der Waals surface area contributed by atoms with Gasteiger partial charge in [-0.2, -0.15) is 0 Å². The third kappa shape index (κ3) is 4.98. The van der Waals surface area contributed by atoms with Crippen molar-refractivity contribution in [2.45, 2.75) is 24.7 Å². The normalized spacial score (nSPS) is 21.2. The predicted molar refractivity (Wildman–Crippen MR) is 82.9 cm³/mol. The summed E-state index contributed by atoms with van der Waals surface area (Å²) in [5, 5.41) is 3.05. The minimum absolute atomic E-state index is 0.290. The fourth-order valence-corrected chi connectivity index (χ4v) is 3.23. The number of sulfonamides is 1. The third-order valence-electron chi connectivity index (χ3n) is 3.79. The summed E-state index contributed by atoms with van der Waals surface area (Å²) in [4.78, 5) is 0.290. The highest BCUT2D eigenvalue weighted by Crippen LogP contribution is 2.37. The zero-order valence-electron chi connectivity index (χ0n) is 12.6. The molecule has 21 heavy (non-hydrogen) atoms. The molecule has 0 aromatic heterocycles. The van der Waals surface area contributed by atoms with Crippen LogP contribution in [-0.4, -0.2) is 35.2 Å². The van der Waals surface area contributed by atoms with Crippen LogP contribution in [0.5, 0.6) is 5.75 Å². The van der Waals surface area contributed by atoms with Crippen molar-refractivity contribution in [2.75, 3.05) is 26.7 Å². The smallest absolute Gasteiger partial charge is 0.240 e. The predicted octanol–water partition coefficient (Wildman–Crippen LogP) is 1.61. The molecule has 1 fully saturated rings. The topological polar surface area (TPSA) is 67.4 Å². The molecule has 0 bridgehead atoms. The lowest BCUT2D eigenvalue weighted by atomic mass is 10.3. The largest absolute Gasteiger partial charge is 0.494 e. The van der Waals surface area contributed by atoms with Crippen molar-refractivity contribution in [3.05, 3.63) is 24.3 Å². The summed E-state index contributed by atoms with van der Waals surface area (Å²) in [5.74, 6) is 1.83. The monoisotopic (exact) mass is 312 g/mol. The molecule has 2 atom stereocenters. The van der Waals surface area contributed by atoms with Crippen LogP contribution >= 0.6 is 0 Å². The second kappa shape index (κ2) is 7.24. The van der Waals surface area contributed by atoms with Crippen LogP contribution < -0.4 is 14.8 Å². The van der Waals surface area contributed by atoms with Gasteiger partial charge in [0.15, 0.2) is 0 Å². The Morgan fingerprint density at radius 3 is 2.52 bits per heavy atom. The molecule has 1 aromatic carbocycles. The second-order valence-electron chi connectivity index (χ2n) is 5.60. The van der Waals surface area contributed by atoms with Gasteiger partial charge in [0, 0.05) is 6.54 Å². The molecule has 1 aliphatic carbocycles. The van der Waals surface area contributed by atoms with E-state index in [1.165, 1.54) is 0 Å². The van der Waals surface area contributed by atoms with Gasteiger partial charge in [0.1, 0.15) is 5.75 Å². The first-order valence-electron chi connectivity index (χ1n) is 7.40. The molecule has 5 nitrogen and oxygen atoms in total. The van der Waals surface area contributed by atoms with Crippen LogP contribution in [0.4, 0.5) is 0 Å². The van der Waals surface area contributed by atoms with Crippen molar-refractivity contribution in [2.24, 2.45) is 11.8 Å². The van der Waals surface area contributed by atoms with E-state index in [2.05, 4.69) is 17.0 Å². The van der Waals surface area contributed by atoms with E-state index in [0.717, 1.165) is 19.4 Å². The van der Waals surface area contributed by atoms with Crippen molar-refractivity contribution >= 4 is 10.0 Å². The molecule has 0 aliphatic heterocycles. The Bertz CT molecular complexity index is 543. The van der Waals surface area contributed by atoms with Crippen molar-refractivity contribution in [3.8, 4) is 5.75 Å². The molecule has 1 saturated carbocycles. The first kappa shape index (κ1) is 16.3. The van der Waals surface area contributed by atoms with Crippen LogP contribution in [0.2, 0.25) is 0 Å². The third-order valence-corrected chi connectivity index (χ3v) is 5.23. The van der Waals surface area contributed by atoms with Crippen LogP contribution in [0.15, 0.2) is 29.2 Å². The lowest BCUT2D eigenvalue weighted by molar-refractivity contribution is 0.309. The maximum atomic E-state index is 12.1. The summed E-state index contributed by atoms with van der Waals surface area (Å²) in [7, 11) is -1.50. The summed E-state index contributed by atoms with van der Waals surface area (Å²) >= 11 is 0. The van der Waals surface area contributed by atoms with Gasteiger partial charge in [-0.3, -0.25) is 0 Å². The number of benzene rings is 1. The van der Waals surface area contributed by atoms with E-state index in [1.54, 1.807) is 24.3 Å². The number of hydrogen-bond acceptors (Lipinski definition) is 4. The first-order valence-corrected chi connectivity index (χ1v) is 8.88. The molecule has 0 radical (unpaired) electrons. The molecule has 0 spiro atoms. The molecule has 2 rings (SSSR count). The Morgan fingerprint density at radius 1 is 1.29 bits per heavy atom. The van der Waals surface area contributed by atoms with Crippen LogP contribution in [0, 0.1) is 11.8 Å². The summed E-state index contributed by atoms with van der Waals surface area (Å²) in [6.07, 6.45) is 2.03. The number of ether oxygens (including phenoxy) is 1. The van der Waals surface area contributed by atoms with Gasteiger partial charge in [-0.1, -0.05) is 6.92 Å². The zero-order valence-corrected chi connectivity index (χ0v) is 13.4. The van der Waals surface area contributed by atoms with Crippen molar-refractivity contribution in [3.63, 3.8) is 0 Å². The van der Waals surface area contributed by atoms with Crippen LogP contribution in [-0.2, 0) is 10.0 Å². The van der Waals surface area contributed by atoms with Gasteiger partial charge in [0.05, 0.1) is 11.5 Å². The van der Waals surface area contributed by atoms with Crippen LogP contribution in [0.3, 0.4) is 0 Å². The van der Waals surface area contributed by atoms with Crippen molar-refractivity contribution in [1.29, 1.82) is 0 Å². The summed E-state index contributed by atoms with van der Waals surface area (Å²) in [6.45, 7) is 4.19. The lowest BCUT2D eigenvalue weighted by Gasteiger charge is -2.09. The minimum atomic E-state index is -3.40. The first-order chi connectivity index (χ1) is 10.0. The molecule has 0 amide bonds. The molecular weight excluding hydrogens is 288 g/mol. The highest BCUT2D eigenvalue weighted by Gasteiger charge is 2.33. The molecule has 118 valence electrons.